The maximum absolute atomic E-state index is 5.14. The van der Waals surface area contributed by atoms with Crippen LogP contribution in [-0.4, -0.2) is 49.5 Å². The van der Waals surface area contributed by atoms with Crippen molar-refractivity contribution in [1.82, 2.24) is 0 Å². The van der Waals surface area contributed by atoms with Crippen molar-refractivity contribution in [2.45, 2.75) is 105 Å². The van der Waals surface area contributed by atoms with Gasteiger partial charge < -0.3 is 15.4 Å². The molecule has 3 nitrogen and oxygen atoms in total. The molecule has 0 unspecified atom stereocenters. The Morgan fingerprint density at radius 1 is 0.500 bits per heavy atom. The molecule has 30 heavy (non-hydrogen) atoms. The summed E-state index contributed by atoms with van der Waals surface area (Å²) in [6.07, 6.45) is 14.3. The minimum Gasteiger partial charge on any atom is -0.870 e. The van der Waals surface area contributed by atoms with Crippen LogP contribution in [0.3, 0.4) is 0 Å². The Kier molecular flexibility index (Phi) is 37.0. The van der Waals surface area contributed by atoms with E-state index in [2.05, 4.69) is 34.6 Å². The second-order valence-electron chi connectivity index (χ2n) is 7.95. The lowest BCUT2D eigenvalue weighted by molar-refractivity contribution is -0.929. The van der Waals surface area contributed by atoms with Crippen LogP contribution in [0.4, 0.5) is 0 Å². The van der Waals surface area contributed by atoms with Crippen molar-refractivity contribution in [2.75, 3.05) is 26.2 Å². The average molecular weight is 424 g/mol. The zero-order chi connectivity index (χ0) is 21.3. The van der Waals surface area contributed by atoms with Crippen molar-refractivity contribution < 1.29 is 15.4 Å². The normalized spacial score (nSPS) is 9.77. The highest BCUT2D eigenvalue weighted by Crippen LogP contribution is 2.16. The van der Waals surface area contributed by atoms with Crippen molar-refractivity contribution in [3.63, 3.8) is 0 Å². The van der Waals surface area contributed by atoms with E-state index in [4.69, 9.17) is 7.85 Å². The molecule has 1 aromatic carbocycles. The molecule has 2 radical (unpaired) electrons. The largest absolute Gasteiger partial charge is 0.870 e. The molecule has 0 bridgehead atoms. The van der Waals surface area contributed by atoms with Gasteiger partial charge in [-0.1, -0.05) is 116 Å². The summed E-state index contributed by atoms with van der Waals surface area (Å²) in [5.41, 5.74) is 0. The predicted molar refractivity (Wildman–Crippen MR) is 137 cm³/mol. The van der Waals surface area contributed by atoms with E-state index >= 15 is 0 Å². The molecule has 0 heterocycles. The molecule has 1 rings (SSSR count). The van der Waals surface area contributed by atoms with Crippen LogP contribution in [0, 0.1) is 0 Å². The number of benzene rings is 1. The van der Waals surface area contributed by atoms with Crippen molar-refractivity contribution in [2.24, 2.45) is 0 Å². The maximum atomic E-state index is 5.14. The predicted octanol–water partition coefficient (Wildman–Crippen LogP) is 7.06. The molecule has 0 atom stereocenters. The van der Waals surface area contributed by atoms with E-state index in [1.807, 2.05) is 36.4 Å². The van der Waals surface area contributed by atoms with Crippen LogP contribution >= 0.6 is 0 Å². The van der Waals surface area contributed by atoms with Crippen LogP contribution < -0.4 is 0 Å². The summed E-state index contributed by atoms with van der Waals surface area (Å²) >= 11 is 0. The van der Waals surface area contributed by atoms with Gasteiger partial charge in [0.2, 0.25) is 0 Å². The molecule has 178 valence electrons. The first-order chi connectivity index (χ1) is 13.7. The highest BCUT2D eigenvalue weighted by atomic mass is 16.0. The SMILES string of the molecule is CCCC[N+](CCCC)(CCCC)CCCC.O.[B]CCCC.[OH-].c1ccccc1. The van der Waals surface area contributed by atoms with Gasteiger partial charge in [0.05, 0.1) is 34.0 Å². The Bertz CT molecular complexity index is 310. The van der Waals surface area contributed by atoms with E-state index in [1.165, 1.54) is 94.9 Å². The minimum atomic E-state index is 0. The molecule has 0 fully saturated rings. The van der Waals surface area contributed by atoms with Gasteiger partial charge in [-0.05, 0) is 25.7 Å². The molecule has 0 amide bonds. The maximum Gasteiger partial charge on any atom is 0.0786 e. The summed E-state index contributed by atoms with van der Waals surface area (Å²) in [5.74, 6) is 0. The standard InChI is InChI=1S/C16H36N.C6H6.C4H9B.2H2O/c1-5-9-13-17(14-10-6-2,15-11-7-3)16-12-8-4;1-2-4-6-5-3-1;1-2-3-4-5;;/h5-16H2,1-4H3;1-6H;2-4H2,1H3;2*1H2/q+1;;;;/p-1. The van der Waals surface area contributed by atoms with E-state index < -0.39 is 0 Å². The molecule has 0 aromatic heterocycles. The van der Waals surface area contributed by atoms with Gasteiger partial charge in [-0.15, -0.1) is 0 Å². The summed E-state index contributed by atoms with van der Waals surface area (Å²) in [4.78, 5) is 0. The molecular formula is C26H54BNO2. The third-order valence-corrected chi connectivity index (χ3v) is 5.17. The van der Waals surface area contributed by atoms with Crippen molar-refractivity contribution >= 4 is 7.85 Å². The molecule has 0 aliphatic carbocycles. The van der Waals surface area contributed by atoms with Gasteiger partial charge in [-0.25, -0.2) is 0 Å². The zero-order valence-corrected chi connectivity index (χ0v) is 21.0. The van der Waals surface area contributed by atoms with Crippen LogP contribution in [0.5, 0.6) is 0 Å². The van der Waals surface area contributed by atoms with Gasteiger partial charge in [0, 0.05) is 0 Å². The van der Waals surface area contributed by atoms with Gasteiger partial charge in [-0.3, -0.25) is 0 Å². The first-order valence-electron chi connectivity index (χ1n) is 12.2. The van der Waals surface area contributed by atoms with Gasteiger partial charge in [-0.2, -0.15) is 0 Å². The van der Waals surface area contributed by atoms with Gasteiger partial charge in [0.1, 0.15) is 0 Å². The lowest BCUT2D eigenvalue weighted by Crippen LogP contribution is -2.50. The van der Waals surface area contributed by atoms with Crippen LogP contribution in [0.15, 0.2) is 36.4 Å². The van der Waals surface area contributed by atoms with Gasteiger partial charge in [0.25, 0.3) is 0 Å². The number of rotatable bonds is 14. The molecule has 0 saturated carbocycles. The molecule has 0 aliphatic heterocycles. The van der Waals surface area contributed by atoms with Crippen molar-refractivity contribution in [3.05, 3.63) is 36.4 Å². The quantitative estimate of drug-likeness (QED) is 0.233. The third-order valence-electron chi connectivity index (χ3n) is 5.17. The monoisotopic (exact) mass is 423 g/mol. The van der Waals surface area contributed by atoms with Crippen molar-refractivity contribution in [1.29, 1.82) is 0 Å². The van der Waals surface area contributed by atoms with Crippen LogP contribution in [-0.2, 0) is 0 Å². The fourth-order valence-corrected chi connectivity index (χ4v) is 3.23. The average Bonchev–Trinajstić information content (AvgIpc) is 2.75. The van der Waals surface area contributed by atoms with Crippen LogP contribution in [0.25, 0.3) is 0 Å². The lowest BCUT2D eigenvalue weighted by Gasteiger charge is -2.39. The van der Waals surface area contributed by atoms with E-state index in [-0.39, 0.29) is 11.0 Å². The second-order valence-corrected chi connectivity index (χ2v) is 7.95. The molecule has 3 N–H and O–H groups in total. The molecule has 1 aromatic rings. The highest BCUT2D eigenvalue weighted by Gasteiger charge is 2.24. The summed E-state index contributed by atoms with van der Waals surface area (Å²) < 4.78 is 1.42. The number of quaternary nitrogens is 1. The number of nitrogens with zero attached hydrogens (tertiary/aromatic N) is 1. The smallest absolute Gasteiger partial charge is 0.0786 e. The Hall–Kier alpha value is -0.835. The molecule has 0 aliphatic rings. The fourth-order valence-electron chi connectivity index (χ4n) is 3.23. The summed E-state index contributed by atoms with van der Waals surface area (Å²) in [6.45, 7) is 17.2. The van der Waals surface area contributed by atoms with Gasteiger partial charge >= 0.3 is 0 Å². The number of hydrogen-bond acceptors (Lipinski definition) is 1. The fraction of sp³-hybridized carbons (Fsp3) is 0.769. The zero-order valence-electron chi connectivity index (χ0n) is 21.0. The Labute approximate surface area is 191 Å². The number of hydrogen-bond donors (Lipinski definition) is 0. The van der Waals surface area contributed by atoms with E-state index in [9.17, 15) is 0 Å². The summed E-state index contributed by atoms with van der Waals surface area (Å²) in [5, 5.41) is 0. The topological polar surface area (TPSA) is 61.5 Å². The lowest BCUT2D eigenvalue weighted by atomic mass is 10.0. The Balaban J connectivity index is -0.000000213. The van der Waals surface area contributed by atoms with Crippen molar-refractivity contribution in [3.8, 4) is 0 Å². The van der Waals surface area contributed by atoms with E-state index in [0.29, 0.717) is 0 Å². The molecule has 0 spiro atoms. The van der Waals surface area contributed by atoms with E-state index in [0.717, 1.165) is 6.32 Å². The van der Waals surface area contributed by atoms with Crippen LogP contribution in [0.1, 0.15) is 98.8 Å². The molecule has 0 saturated heterocycles. The highest BCUT2D eigenvalue weighted by molar-refractivity contribution is 6.08. The second kappa shape index (κ2) is 30.4. The van der Waals surface area contributed by atoms with Crippen LogP contribution in [0.2, 0.25) is 6.32 Å². The summed E-state index contributed by atoms with van der Waals surface area (Å²) in [7, 11) is 5.14. The Morgan fingerprint density at radius 2 is 0.733 bits per heavy atom. The first-order valence-corrected chi connectivity index (χ1v) is 12.2. The van der Waals surface area contributed by atoms with Gasteiger partial charge in [0.15, 0.2) is 0 Å². The minimum absolute atomic E-state index is 0. The molecule has 4 heteroatoms. The molecular weight excluding hydrogens is 369 g/mol. The number of unbranched alkanes of at least 4 members (excludes halogenated alkanes) is 5. The van der Waals surface area contributed by atoms with E-state index in [1.54, 1.807) is 0 Å². The summed E-state index contributed by atoms with van der Waals surface area (Å²) in [6, 6.07) is 12.0. The first kappa shape index (κ1) is 36.5. The third kappa shape index (κ3) is 25.2. The Morgan fingerprint density at radius 3 is 0.867 bits per heavy atom.